The summed E-state index contributed by atoms with van der Waals surface area (Å²) in [5.74, 6) is 0.896. The molecule has 0 aromatic heterocycles. The Bertz CT molecular complexity index is 517. The number of benzene rings is 2. The Morgan fingerprint density at radius 1 is 0.947 bits per heavy atom. The highest BCUT2D eigenvalue weighted by Gasteiger charge is 2.13. The quantitative estimate of drug-likeness (QED) is 0.614. The zero-order valence-corrected chi connectivity index (χ0v) is 12.4. The van der Waals surface area contributed by atoms with Gasteiger partial charge in [-0.15, -0.1) is 0 Å². The molecule has 0 saturated heterocycles. The molecule has 19 heavy (non-hydrogen) atoms. The minimum absolute atomic E-state index is 0.181. The van der Waals surface area contributed by atoms with E-state index in [1.165, 1.54) is 10.6 Å². The number of ether oxygens (including phenoxy) is 1. The predicted molar refractivity (Wildman–Crippen MR) is 84.5 cm³/mol. The van der Waals surface area contributed by atoms with Gasteiger partial charge in [0.2, 0.25) is 0 Å². The van der Waals surface area contributed by atoms with E-state index >= 15 is 0 Å². The first-order chi connectivity index (χ1) is 9.20. The maximum atomic E-state index is 5.74. The SMILES string of the molecule is BO[P@](c1ccccc1)c1cccc(OC(C)C)c1. The van der Waals surface area contributed by atoms with Crippen LogP contribution in [0.1, 0.15) is 13.8 Å². The second kappa shape index (κ2) is 6.74. The van der Waals surface area contributed by atoms with Gasteiger partial charge in [-0.1, -0.05) is 42.5 Å². The molecule has 0 N–H and O–H groups in total. The summed E-state index contributed by atoms with van der Waals surface area (Å²) < 4.78 is 11.4. The van der Waals surface area contributed by atoms with Crippen LogP contribution in [0.4, 0.5) is 0 Å². The number of rotatable bonds is 5. The Balaban J connectivity index is 2.28. The molecular formula is C15H18BO2P. The molecule has 0 spiro atoms. The summed E-state index contributed by atoms with van der Waals surface area (Å²) in [6, 6.07) is 18.5. The van der Waals surface area contributed by atoms with Gasteiger partial charge in [0.25, 0.3) is 8.05 Å². The van der Waals surface area contributed by atoms with Crippen LogP contribution in [0.3, 0.4) is 0 Å². The van der Waals surface area contributed by atoms with E-state index in [-0.39, 0.29) is 6.10 Å². The van der Waals surface area contributed by atoms with Gasteiger partial charge in [0, 0.05) is 10.6 Å². The monoisotopic (exact) mass is 272 g/mol. The van der Waals surface area contributed by atoms with Crippen LogP contribution in [-0.4, -0.2) is 14.2 Å². The van der Waals surface area contributed by atoms with Crippen LogP contribution in [0.15, 0.2) is 54.6 Å². The van der Waals surface area contributed by atoms with Crippen molar-refractivity contribution in [1.29, 1.82) is 0 Å². The van der Waals surface area contributed by atoms with Gasteiger partial charge in [0.05, 0.1) is 14.3 Å². The van der Waals surface area contributed by atoms with Crippen LogP contribution in [0.5, 0.6) is 5.75 Å². The average Bonchev–Trinajstić information content (AvgIpc) is 2.40. The highest BCUT2D eigenvalue weighted by Crippen LogP contribution is 2.34. The molecule has 0 aliphatic rings. The summed E-state index contributed by atoms with van der Waals surface area (Å²) >= 11 is 0. The number of hydrogen-bond acceptors (Lipinski definition) is 2. The maximum Gasteiger partial charge on any atom is 0.263 e. The molecule has 4 heteroatoms. The zero-order valence-electron chi connectivity index (χ0n) is 11.5. The van der Waals surface area contributed by atoms with E-state index in [1.54, 1.807) is 8.05 Å². The molecule has 0 saturated carbocycles. The van der Waals surface area contributed by atoms with Crippen molar-refractivity contribution in [2.75, 3.05) is 0 Å². The fraction of sp³-hybridized carbons (Fsp3) is 0.200. The van der Waals surface area contributed by atoms with Crippen molar-refractivity contribution < 1.29 is 9.18 Å². The lowest BCUT2D eigenvalue weighted by Gasteiger charge is -2.18. The molecule has 0 radical (unpaired) electrons. The molecule has 0 fully saturated rings. The summed E-state index contributed by atoms with van der Waals surface area (Å²) in [5.41, 5.74) is 0. The summed E-state index contributed by atoms with van der Waals surface area (Å²) in [5, 5.41) is 2.38. The van der Waals surface area contributed by atoms with E-state index in [0.717, 1.165) is 5.75 Å². The van der Waals surface area contributed by atoms with Crippen molar-refractivity contribution >= 4 is 26.8 Å². The van der Waals surface area contributed by atoms with Crippen LogP contribution < -0.4 is 15.3 Å². The molecule has 0 heterocycles. The van der Waals surface area contributed by atoms with Crippen molar-refractivity contribution in [2.45, 2.75) is 20.0 Å². The Morgan fingerprint density at radius 3 is 2.26 bits per heavy atom. The van der Waals surface area contributed by atoms with Gasteiger partial charge in [0.1, 0.15) is 5.75 Å². The van der Waals surface area contributed by atoms with Gasteiger partial charge in [-0.05, 0) is 26.0 Å². The third kappa shape index (κ3) is 3.83. The normalized spacial score (nSPS) is 12.4. The molecule has 0 amide bonds. The topological polar surface area (TPSA) is 18.5 Å². The summed E-state index contributed by atoms with van der Waals surface area (Å²) in [6.07, 6.45) is 0.181. The highest BCUT2D eigenvalue weighted by atomic mass is 31.1. The predicted octanol–water partition coefficient (Wildman–Crippen LogP) is 2.39. The Kier molecular flexibility index (Phi) is 5.01. The Morgan fingerprint density at radius 2 is 1.63 bits per heavy atom. The molecule has 2 aromatic carbocycles. The molecule has 0 bridgehead atoms. The second-order valence-corrected chi connectivity index (χ2v) is 6.46. The largest absolute Gasteiger partial charge is 0.491 e. The van der Waals surface area contributed by atoms with Gasteiger partial charge in [0.15, 0.2) is 0 Å². The van der Waals surface area contributed by atoms with E-state index in [9.17, 15) is 0 Å². The molecule has 0 aliphatic carbocycles. The van der Waals surface area contributed by atoms with E-state index in [0.29, 0.717) is 0 Å². The average molecular weight is 272 g/mol. The van der Waals surface area contributed by atoms with Crippen molar-refractivity contribution in [1.82, 2.24) is 0 Å². The smallest absolute Gasteiger partial charge is 0.263 e. The first kappa shape index (κ1) is 14.1. The minimum atomic E-state index is -0.770. The van der Waals surface area contributed by atoms with Crippen molar-refractivity contribution in [3.8, 4) is 5.75 Å². The van der Waals surface area contributed by atoms with Gasteiger partial charge in [-0.25, -0.2) is 0 Å². The summed E-state index contributed by atoms with van der Waals surface area (Å²) in [4.78, 5) is 0. The van der Waals surface area contributed by atoms with E-state index in [2.05, 4.69) is 24.3 Å². The van der Waals surface area contributed by atoms with Crippen LogP contribution in [0.25, 0.3) is 0 Å². The van der Waals surface area contributed by atoms with Crippen LogP contribution >= 0.6 is 8.15 Å². The zero-order chi connectivity index (χ0) is 13.7. The lowest BCUT2D eigenvalue weighted by atomic mass is 10.3. The minimum Gasteiger partial charge on any atom is -0.491 e. The van der Waals surface area contributed by atoms with Gasteiger partial charge in [-0.2, -0.15) is 0 Å². The molecule has 2 aromatic rings. The fourth-order valence-electron chi connectivity index (χ4n) is 1.88. The first-order valence-electron chi connectivity index (χ1n) is 6.36. The molecular weight excluding hydrogens is 254 g/mol. The third-order valence-electron chi connectivity index (χ3n) is 2.60. The van der Waals surface area contributed by atoms with Gasteiger partial charge in [-0.3, -0.25) is 0 Å². The number of hydrogen-bond donors (Lipinski definition) is 0. The molecule has 1 atom stereocenters. The maximum absolute atomic E-state index is 5.74. The van der Waals surface area contributed by atoms with Crippen LogP contribution in [0.2, 0.25) is 0 Å². The van der Waals surface area contributed by atoms with E-state index in [4.69, 9.17) is 9.18 Å². The van der Waals surface area contributed by atoms with E-state index in [1.807, 2.05) is 44.2 Å². The molecule has 2 nitrogen and oxygen atoms in total. The molecule has 2 rings (SSSR count). The van der Waals surface area contributed by atoms with Gasteiger partial charge < -0.3 is 9.18 Å². The second-order valence-electron chi connectivity index (χ2n) is 4.48. The standard InChI is InChI=1S/C15H18BO2P/c1-12(2)17-13-7-6-10-15(11-13)19(18-16)14-8-4-3-5-9-14/h3-12H,16H2,1-2H3/t19-/m1/s1. The summed E-state index contributed by atoms with van der Waals surface area (Å²) in [6.45, 7) is 4.06. The molecule has 98 valence electrons. The fourth-order valence-corrected chi connectivity index (χ4v) is 3.51. The van der Waals surface area contributed by atoms with Crippen LogP contribution in [-0.2, 0) is 4.44 Å². The lowest BCUT2D eigenvalue weighted by molar-refractivity contribution is 0.242. The lowest BCUT2D eigenvalue weighted by Crippen LogP contribution is -2.14. The van der Waals surface area contributed by atoms with E-state index < -0.39 is 8.15 Å². The van der Waals surface area contributed by atoms with Crippen molar-refractivity contribution in [2.24, 2.45) is 0 Å². The van der Waals surface area contributed by atoms with Gasteiger partial charge >= 0.3 is 0 Å². The first-order valence-corrected chi connectivity index (χ1v) is 7.62. The molecule has 0 aliphatic heterocycles. The van der Waals surface area contributed by atoms with Crippen molar-refractivity contribution in [3.63, 3.8) is 0 Å². The summed E-state index contributed by atoms with van der Waals surface area (Å²) in [7, 11) is 0.989. The Hall–Kier alpha value is -1.31. The molecule has 0 unspecified atom stereocenters. The van der Waals surface area contributed by atoms with Crippen molar-refractivity contribution in [3.05, 3.63) is 54.6 Å². The Labute approximate surface area is 117 Å². The highest BCUT2D eigenvalue weighted by molar-refractivity contribution is 7.69. The third-order valence-corrected chi connectivity index (χ3v) is 4.48. The van der Waals surface area contributed by atoms with Crippen LogP contribution in [0, 0.1) is 0 Å².